The van der Waals surface area contributed by atoms with Crippen LogP contribution in [-0.2, 0) is 15.0 Å². The summed E-state index contributed by atoms with van der Waals surface area (Å²) in [6.45, 7) is 6.29. The fourth-order valence-electron chi connectivity index (χ4n) is 3.48. The monoisotopic (exact) mass is 369 g/mol. The highest BCUT2D eigenvalue weighted by Gasteiger charge is 2.19. The van der Waals surface area contributed by atoms with Gasteiger partial charge >= 0.3 is 0 Å². The van der Waals surface area contributed by atoms with E-state index in [1.807, 2.05) is 24.3 Å². The molecule has 5 nitrogen and oxygen atoms in total. The third-order valence-electron chi connectivity index (χ3n) is 5.19. The van der Waals surface area contributed by atoms with Gasteiger partial charge in [0.1, 0.15) is 6.04 Å². The lowest BCUT2D eigenvalue weighted by molar-refractivity contribution is -0.127. The maximum absolute atomic E-state index is 12.1. The molecule has 27 heavy (non-hydrogen) atoms. The van der Waals surface area contributed by atoms with E-state index in [1.165, 1.54) is 24.8 Å². The number of nitrogens with one attached hydrogen (secondary N) is 2. The van der Waals surface area contributed by atoms with Crippen LogP contribution in [0.15, 0.2) is 24.3 Å². The maximum Gasteiger partial charge on any atom is 0.240 e. The van der Waals surface area contributed by atoms with Crippen molar-refractivity contribution in [2.45, 2.75) is 70.8 Å². The van der Waals surface area contributed by atoms with Crippen LogP contribution in [0.1, 0.15) is 76.5 Å². The standard InChI is InChI=1S/C22H31N3O2/c1-22(2,3)18-11-9-17(10-12-18)19(14-23)25-21(27)15-24-20(26)13-16-7-5-4-6-8-16/h9-12,16,19H,4-8,13,15H2,1-3H3,(H,24,26)(H,25,27). The summed E-state index contributed by atoms with van der Waals surface area (Å²) in [6, 6.07) is 9.11. The van der Waals surface area contributed by atoms with Crippen LogP contribution in [0.5, 0.6) is 0 Å². The molecule has 1 atom stereocenters. The highest BCUT2D eigenvalue weighted by molar-refractivity contribution is 5.85. The number of hydrogen-bond acceptors (Lipinski definition) is 3. The second-order valence-corrected chi connectivity index (χ2v) is 8.49. The van der Waals surface area contributed by atoms with E-state index in [4.69, 9.17) is 0 Å². The van der Waals surface area contributed by atoms with Crippen LogP contribution in [0.2, 0.25) is 0 Å². The van der Waals surface area contributed by atoms with E-state index in [-0.39, 0.29) is 23.8 Å². The van der Waals surface area contributed by atoms with Gasteiger partial charge in [-0.15, -0.1) is 0 Å². The summed E-state index contributed by atoms with van der Waals surface area (Å²) in [4.78, 5) is 24.1. The van der Waals surface area contributed by atoms with Crippen molar-refractivity contribution in [3.63, 3.8) is 0 Å². The first-order chi connectivity index (χ1) is 12.8. The molecule has 0 heterocycles. The number of hydrogen-bond donors (Lipinski definition) is 2. The number of nitriles is 1. The largest absolute Gasteiger partial charge is 0.347 e. The van der Waals surface area contributed by atoms with Crippen molar-refractivity contribution in [1.29, 1.82) is 5.26 Å². The molecular weight excluding hydrogens is 338 g/mol. The van der Waals surface area contributed by atoms with Crippen molar-refractivity contribution in [3.8, 4) is 6.07 Å². The van der Waals surface area contributed by atoms with Gasteiger partial charge in [-0.3, -0.25) is 9.59 Å². The third-order valence-corrected chi connectivity index (χ3v) is 5.19. The van der Waals surface area contributed by atoms with Crippen LogP contribution in [0.25, 0.3) is 0 Å². The lowest BCUT2D eigenvalue weighted by Crippen LogP contribution is -2.39. The Morgan fingerprint density at radius 3 is 2.30 bits per heavy atom. The Morgan fingerprint density at radius 2 is 1.74 bits per heavy atom. The molecule has 1 unspecified atom stereocenters. The number of benzene rings is 1. The predicted molar refractivity (Wildman–Crippen MR) is 106 cm³/mol. The van der Waals surface area contributed by atoms with Gasteiger partial charge in [0.05, 0.1) is 12.6 Å². The van der Waals surface area contributed by atoms with Gasteiger partial charge in [0, 0.05) is 6.42 Å². The summed E-state index contributed by atoms with van der Waals surface area (Å²) in [5.74, 6) is 0.00790. The Kier molecular flexibility index (Phi) is 7.41. The Hall–Kier alpha value is -2.35. The van der Waals surface area contributed by atoms with Crippen molar-refractivity contribution in [2.24, 2.45) is 5.92 Å². The molecule has 1 aliphatic rings. The smallest absolute Gasteiger partial charge is 0.240 e. The topological polar surface area (TPSA) is 82.0 Å². The number of amides is 2. The van der Waals surface area contributed by atoms with Crippen LogP contribution < -0.4 is 10.6 Å². The molecule has 0 radical (unpaired) electrons. The highest BCUT2D eigenvalue weighted by atomic mass is 16.2. The molecule has 1 aromatic rings. The van der Waals surface area contributed by atoms with Crippen LogP contribution in [0.4, 0.5) is 0 Å². The molecule has 1 saturated carbocycles. The Bertz CT molecular complexity index is 677. The molecule has 0 spiro atoms. The zero-order valence-corrected chi connectivity index (χ0v) is 16.7. The van der Waals surface area contributed by atoms with E-state index in [9.17, 15) is 14.9 Å². The van der Waals surface area contributed by atoms with E-state index >= 15 is 0 Å². The Balaban J connectivity index is 1.82. The van der Waals surface area contributed by atoms with E-state index in [0.29, 0.717) is 12.3 Å². The van der Waals surface area contributed by atoms with Crippen molar-refractivity contribution >= 4 is 11.8 Å². The van der Waals surface area contributed by atoms with Gasteiger partial charge in [-0.05, 0) is 35.3 Å². The van der Waals surface area contributed by atoms with Crippen LogP contribution in [0, 0.1) is 17.2 Å². The molecule has 1 aliphatic carbocycles. The van der Waals surface area contributed by atoms with E-state index in [0.717, 1.165) is 18.4 Å². The fraction of sp³-hybridized carbons (Fsp3) is 0.591. The lowest BCUT2D eigenvalue weighted by atomic mass is 9.86. The molecule has 1 aromatic carbocycles. The molecule has 2 rings (SSSR count). The van der Waals surface area contributed by atoms with Crippen LogP contribution in [-0.4, -0.2) is 18.4 Å². The zero-order valence-electron chi connectivity index (χ0n) is 16.7. The summed E-state index contributed by atoms with van der Waals surface area (Å²) >= 11 is 0. The van der Waals surface area contributed by atoms with Crippen molar-refractivity contribution < 1.29 is 9.59 Å². The Labute approximate surface area is 162 Å². The molecule has 0 bridgehead atoms. The normalized spacial score (nSPS) is 16.2. The zero-order chi connectivity index (χ0) is 19.9. The van der Waals surface area contributed by atoms with Crippen LogP contribution in [0.3, 0.4) is 0 Å². The average Bonchev–Trinajstić information content (AvgIpc) is 2.64. The SMILES string of the molecule is CC(C)(C)c1ccc(C(C#N)NC(=O)CNC(=O)CC2CCCCC2)cc1. The Morgan fingerprint density at radius 1 is 1.11 bits per heavy atom. The van der Waals surface area contributed by atoms with Crippen molar-refractivity contribution in [3.05, 3.63) is 35.4 Å². The molecule has 1 fully saturated rings. The van der Waals surface area contributed by atoms with Crippen LogP contribution >= 0.6 is 0 Å². The van der Waals surface area contributed by atoms with Gasteiger partial charge < -0.3 is 10.6 Å². The quantitative estimate of drug-likeness (QED) is 0.801. The van der Waals surface area contributed by atoms with Gasteiger partial charge in [0.2, 0.25) is 11.8 Å². The van der Waals surface area contributed by atoms with E-state index < -0.39 is 6.04 Å². The molecule has 146 valence electrons. The maximum atomic E-state index is 12.1. The van der Waals surface area contributed by atoms with Gasteiger partial charge in [0.15, 0.2) is 0 Å². The van der Waals surface area contributed by atoms with E-state index in [1.54, 1.807) is 0 Å². The molecule has 0 aromatic heterocycles. The average molecular weight is 370 g/mol. The first kappa shape index (κ1) is 21.0. The highest BCUT2D eigenvalue weighted by Crippen LogP contribution is 2.26. The molecule has 2 N–H and O–H groups in total. The fourth-order valence-corrected chi connectivity index (χ4v) is 3.48. The van der Waals surface area contributed by atoms with Crippen molar-refractivity contribution in [1.82, 2.24) is 10.6 Å². The third kappa shape index (κ3) is 6.71. The summed E-state index contributed by atoms with van der Waals surface area (Å²) < 4.78 is 0. The van der Waals surface area contributed by atoms with E-state index in [2.05, 4.69) is 37.5 Å². The first-order valence-electron chi connectivity index (χ1n) is 9.85. The minimum absolute atomic E-state index is 0.0343. The first-order valence-corrected chi connectivity index (χ1v) is 9.85. The number of carbonyl (C=O) groups is 2. The number of nitrogens with zero attached hydrogens (tertiary/aromatic N) is 1. The molecule has 0 saturated heterocycles. The molecule has 0 aliphatic heterocycles. The molecule has 5 heteroatoms. The summed E-state index contributed by atoms with van der Waals surface area (Å²) in [7, 11) is 0. The van der Waals surface area contributed by atoms with Gasteiger partial charge in [-0.25, -0.2) is 0 Å². The minimum atomic E-state index is -0.721. The summed E-state index contributed by atoms with van der Waals surface area (Å²) in [6.07, 6.45) is 6.32. The minimum Gasteiger partial charge on any atom is -0.347 e. The second kappa shape index (κ2) is 9.55. The summed E-state index contributed by atoms with van der Waals surface area (Å²) in [5, 5.41) is 14.8. The molecular formula is C22H31N3O2. The molecule has 2 amide bonds. The van der Waals surface area contributed by atoms with Gasteiger partial charge in [0.25, 0.3) is 0 Å². The lowest BCUT2D eigenvalue weighted by Gasteiger charge is -2.21. The van der Waals surface area contributed by atoms with Crippen molar-refractivity contribution in [2.75, 3.05) is 6.54 Å². The summed E-state index contributed by atoms with van der Waals surface area (Å²) in [5.41, 5.74) is 1.95. The number of carbonyl (C=O) groups excluding carboxylic acids is 2. The second-order valence-electron chi connectivity index (χ2n) is 8.49. The van der Waals surface area contributed by atoms with Gasteiger partial charge in [-0.2, -0.15) is 5.26 Å². The predicted octanol–water partition coefficient (Wildman–Crippen LogP) is 3.75. The number of rotatable bonds is 6. The van der Waals surface area contributed by atoms with Gasteiger partial charge in [-0.1, -0.05) is 64.3 Å².